The first-order valence-corrected chi connectivity index (χ1v) is 13.6. The maximum Gasteiger partial charge on any atom is 0.248 e. The highest BCUT2D eigenvalue weighted by atomic mass is 35.5. The van der Waals surface area contributed by atoms with Gasteiger partial charge >= 0.3 is 0 Å². The lowest BCUT2D eigenvalue weighted by molar-refractivity contribution is -0.120. The molecule has 0 spiro atoms. The lowest BCUT2D eigenvalue weighted by Crippen LogP contribution is -2.30. The standard InChI is InChI=1S/C30H29Cl2N7O3/c31-22-3-1-2-17(10-22)8-9-37-26-14-24(32)28(20-11-21(30(36)41)13-23(33)12-20)25(39(26)42)15-27(40)38-16-18-4-6-19(7-5-18)29(34)35/h1-7,10-14,42H,8-9,15-16,33H2,(H3,34,35)(H2,36,41)(H,38,40). The van der Waals surface area contributed by atoms with Crippen LogP contribution in [0.2, 0.25) is 10.0 Å². The molecule has 2 amide bonds. The molecule has 42 heavy (non-hydrogen) atoms. The van der Waals surface area contributed by atoms with Gasteiger partial charge in [-0.1, -0.05) is 59.6 Å². The molecule has 0 unspecified atom stereocenters. The number of nitrogen functional groups attached to an aromatic ring is 2. The van der Waals surface area contributed by atoms with Gasteiger partial charge in [-0.3, -0.25) is 20.0 Å². The molecule has 3 aromatic carbocycles. The summed E-state index contributed by atoms with van der Waals surface area (Å²) in [7, 11) is 0. The summed E-state index contributed by atoms with van der Waals surface area (Å²) >= 11 is 12.8. The van der Waals surface area contributed by atoms with Crippen molar-refractivity contribution in [2.75, 3.05) is 12.3 Å². The number of pyridine rings is 1. The van der Waals surface area contributed by atoms with Gasteiger partial charge in [-0.05, 0) is 53.4 Å². The number of rotatable bonds is 10. The number of benzene rings is 3. The molecule has 4 rings (SSSR count). The molecule has 12 heteroatoms. The molecule has 0 saturated carbocycles. The first-order chi connectivity index (χ1) is 20.0. The predicted molar refractivity (Wildman–Crippen MR) is 164 cm³/mol. The highest BCUT2D eigenvalue weighted by molar-refractivity contribution is 6.33. The maximum absolute atomic E-state index is 13.1. The molecule has 0 radical (unpaired) electrons. The highest BCUT2D eigenvalue weighted by Gasteiger charge is 2.20. The molecule has 9 N–H and O–H groups in total. The zero-order valence-corrected chi connectivity index (χ0v) is 23.9. The Morgan fingerprint density at radius 2 is 1.69 bits per heavy atom. The van der Waals surface area contributed by atoms with Crippen molar-refractivity contribution < 1.29 is 14.8 Å². The number of hydrogen-bond acceptors (Lipinski definition) is 6. The largest absolute Gasteiger partial charge is 0.427 e. The molecule has 10 nitrogen and oxygen atoms in total. The lowest BCUT2D eigenvalue weighted by atomic mass is 9.98. The first kappa shape index (κ1) is 30.2. The minimum Gasteiger partial charge on any atom is -0.427 e. The number of amides is 2. The number of anilines is 1. The Balaban J connectivity index is 1.69. The molecule has 216 valence electrons. The third kappa shape index (κ3) is 7.48. The van der Waals surface area contributed by atoms with Gasteiger partial charge in [0.1, 0.15) is 5.84 Å². The van der Waals surface area contributed by atoms with Crippen LogP contribution < -0.4 is 28.0 Å². The number of halogens is 2. The highest BCUT2D eigenvalue weighted by Crippen LogP contribution is 2.32. The Kier molecular flexibility index (Phi) is 9.51. The van der Waals surface area contributed by atoms with Gasteiger partial charge in [-0.25, -0.2) is 0 Å². The van der Waals surface area contributed by atoms with E-state index in [9.17, 15) is 14.8 Å². The van der Waals surface area contributed by atoms with E-state index in [4.69, 9.17) is 45.8 Å². The van der Waals surface area contributed by atoms with Crippen molar-refractivity contribution in [3.63, 3.8) is 0 Å². The van der Waals surface area contributed by atoms with E-state index in [1.54, 1.807) is 36.4 Å². The van der Waals surface area contributed by atoms with Crippen LogP contribution in [0.4, 0.5) is 5.69 Å². The van der Waals surface area contributed by atoms with Crippen molar-refractivity contribution in [2.45, 2.75) is 19.4 Å². The van der Waals surface area contributed by atoms with E-state index in [0.717, 1.165) is 15.9 Å². The van der Waals surface area contributed by atoms with Crippen LogP contribution in [-0.2, 0) is 24.2 Å². The number of nitrogens with one attached hydrogen (secondary N) is 2. The van der Waals surface area contributed by atoms with E-state index in [1.807, 2.05) is 18.2 Å². The van der Waals surface area contributed by atoms with Crippen molar-refractivity contribution in [3.05, 3.63) is 116 Å². The summed E-state index contributed by atoms with van der Waals surface area (Å²) in [5.74, 6) is -1.17. The second-order valence-electron chi connectivity index (χ2n) is 9.52. The summed E-state index contributed by atoms with van der Waals surface area (Å²) in [4.78, 5) is 29.5. The van der Waals surface area contributed by atoms with Crippen molar-refractivity contribution >= 4 is 46.5 Å². The molecular weight excluding hydrogens is 577 g/mol. The average Bonchev–Trinajstić information content (AvgIpc) is 2.94. The zero-order valence-electron chi connectivity index (χ0n) is 22.4. The van der Waals surface area contributed by atoms with E-state index in [-0.39, 0.29) is 46.3 Å². The number of carbonyl (C=O) groups excluding carboxylic acids is 2. The molecule has 4 aromatic rings. The van der Waals surface area contributed by atoms with Crippen LogP contribution in [0.3, 0.4) is 0 Å². The van der Waals surface area contributed by atoms with Gasteiger partial charge in [-0.15, -0.1) is 0 Å². The Morgan fingerprint density at radius 1 is 0.952 bits per heavy atom. The summed E-state index contributed by atoms with van der Waals surface area (Å²) in [5.41, 5.74) is 20.7. The quantitative estimate of drug-likeness (QED) is 0.0695. The van der Waals surface area contributed by atoms with Gasteiger partial charge in [0.25, 0.3) is 0 Å². The average molecular weight is 607 g/mol. The first-order valence-electron chi connectivity index (χ1n) is 12.8. The van der Waals surface area contributed by atoms with Crippen molar-refractivity contribution in [1.29, 1.82) is 5.41 Å². The zero-order chi connectivity index (χ0) is 30.4. The van der Waals surface area contributed by atoms with Gasteiger partial charge in [0.05, 0.1) is 17.1 Å². The summed E-state index contributed by atoms with van der Waals surface area (Å²) in [5, 5.41) is 22.4. The van der Waals surface area contributed by atoms with E-state index in [0.29, 0.717) is 34.7 Å². The van der Waals surface area contributed by atoms with Crippen molar-refractivity contribution in [1.82, 2.24) is 10.0 Å². The molecule has 1 aromatic heterocycles. The van der Waals surface area contributed by atoms with E-state index < -0.39 is 11.8 Å². The fourth-order valence-electron chi connectivity index (χ4n) is 4.36. The van der Waals surface area contributed by atoms with Crippen LogP contribution in [0.5, 0.6) is 0 Å². The summed E-state index contributed by atoms with van der Waals surface area (Å²) < 4.78 is 0.813. The third-order valence-corrected chi connectivity index (χ3v) is 6.96. The van der Waals surface area contributed by atoms with Crippen LogP contribution >= 0.6 is 23.2 Å². The minimum absolute atomic E-state index is 0.0543. The van der Waals surface area contributed by atoms with E-state index in [2.05, 4.69) is 10.3 Å². The van der Waals surface area contributed by atoms with Gasteiger partial charge in [0.15, 0.2) is 5.49 Å². The molecule has 0 fully saturated rings. The summed E-state index contributed by atoms with van der Waals surface area (Å²) in [6.45, 7) is 0.502. The van der Waals surface area contributed by atoms with Crippen LogP contribution in [-0.4, -0.2) is 34.1 Å². The van der Waals surface area contributed by atoms with Gasteiger partial charge in [-0.2, -0.15) is 4.73 Å². The van der Waals surface area contributed by atoms with Gasteiger partial charge < -0.3 is 27.7 Å². The number of carbonyl (C=O) groups is 2. The summed E-state index contributed by atoms with van der Waals surface area (Å²) in [6, 6.07) is 20.2. The van der Waals surface area contributed by atoms with Crippen LogP contribution in [0, 0.1) is 5.41 Å². The monoisotopic (exact) mass is 605 g/mol. The molecule has 0 atom stereocenters. The number of hydrogen-bond donors (Lipinski definition) is 6. The van der Waals surface area contributed by atoms with Gasteiger partial charge in [0, 0.05) is 46.6 Å². The smallest absolute Gasteiger partial charge is 0.248 e. The second-order valence-corrected chi connectivity index (χ2v) is 10.4. The molecule has 0 saturated heterocycles. The number of amidine groups is 1. The molecule has 0 aliphatic rings. The normalized spacial score (nSPS) is 11.3. The Hall–Kier alpha value is -4.80. The SMILES string of the molecule is N=C(N)c1ccc(CNC(=O)Cc2c(-c3cc(N)cc(C(N)=O)c3)c(Cl)cc(=NCCc3cccc(Cl)c3)n2O)cc1. The minimum atomic E-state index is -0.695. The molecule has 0 bridgehead atoms. The molecule has 0 aliphatic heterocycles. The molecule has 1 heterocycles. The van der Waals surface area contributed by atoms with Gasteiger partial charge in [0.2, 0.25) is 11.8 Å². The molecular formula is C30H29Cl2N7O3. The Morgan fingerprint density at radius 3 is 2.36 bits per heavy atom. The number of aromatic nitrogens is 1. The Bertz CT molecular complexity index is 1730. The fraction of sp³-hybridized carbons (Fsp3) is 0.133. The maximum atomic E-state index is 13.1. The van der Waals surface area contributed by atoms with Crippen LogP contribution in [0.1, 0.15) is 32.7 Å². The van der Waals surface area contributed by atoms with Crippen LogP contribution in [0.25, 0.3) is 11.1 Å². The summed E-state index contributed by atoms with van der Waals surface area (Å²) in [6.07, 6.45) is 0.269. The van der Waals surface area contributed by atoms with E-state index >= 15 is 0 Å². The fourth-order valence-corrected chi connectivity index (χ4v) is 4.89. The molecule has 0 aliphatic carbocycles. The number of nitrogens with zero attached hydrogens (tertiary/aromatic N) is 2. The number of primary amides is 1. The second kappa shape index (κ2) is 13.2. The van der Waals surface area contributed by atoms with Crippen molar-refractivity contribution in [2.24, 2.45) is 16.5 Å². The van der Waals surface area contributed by atoms with Crippen molar-refractivity contribution in [3.8, 4) is 11.1 Å². The lowest BCUT2D eigenvalue weighted by Gasteiger charge is -2.17. The number of nitrogens with two attached hydrogens (primary N) is 3. The topological polar surface area (TPSA) is 186 Å². The third-order valence-electron chi connectivity index (χ3n) is 6.43. The van der Waals surface area contributed by atoms with Crippen LogP contribution in [0.15, 0.2) is 77.8 Å². The predicted octanol–water partition coefficient (Wildman–Crippen LogP) is 3.67. The Labute approximate surface area is 251 Å². The van der Waals surface area contributed by atoms with E-state index in [1.165, 1.54) is 18.2 Å².